The number of nitrogens with one attached hydrogen (secondary N) is 1. The number of amides is 1. The third-order valence-corrected chi connectivity index (χ3v) is 2.56. The molecule has 1 aromatic heterocycles. The Labute approximate surface area is 110 Å². The summed E-state index contributed by atoms with van der Waals surface area (Å²) < 4.78 is 5.42. The molecule has 5 nitrogen and oxygen atoms in total. The van der Waals surface area contributed by atoms with Crippen LogP contribution in [-0.4, -0.2) is 18.0 Å². The lowest BCUT2D eigenvalue weighted by molar-refractivity contribution is 0.0919. The predicted octanol–water partition coefficient (Wildman–Crippen LogP) is 1.26. The van der Waals surface area contributed by atoms with Crippen LogP contribution in [0.15, 0.2) is 39.5 Å². The van der Waals surface area contributed by atoms with Crippen molar-refractivity contribution in [2.45, 2.75) is 19.4 Å². The number of carbonyl (C=O) groups excluding carboxylic acids is 1. The van der Waals surface area contributed by atoms with Crippen LogP contribution in [0.5, 0.6) is 0 Å². The Bertz CT molecular complexity index is 668. The zero-order valence-corrected chi connectivity index (χ0v) is 10.9. The van der Waals surface area contributed by atoms with Gasteiger partial charge in [0.2, 0.25) is 0 Å². The van der Waals surface area contributed by atoms with Crippen molar-refractivity contribution in [2.24, 2.45) is 5.73 Å². The molecule has 0 fully saturated rings. The average Bonchev–Trinajstić information content (AvgIpc) is 2.35. The number of nitrogens with two attached hydrogens (primary N) is 1. The van der Waals surface area contributed by atoms with Crippen LogP contribution in [0.1, 0.15) is 24.4 Å². The summed E-state index contributed by atoms with van der Waals surface area (Å²) in [5, 5.41) is 3.09. The molecule has 5 heteroatoms. The molecule has 0 aliphatic heterocycles. The highest BCUT2D eigenvalue weighted by molar-refractivity contribution is 5.93. The molecule has 0 spiro atoms. The average molecular weight is 260 g/mol. The molecule has 1 amide bonds. The Kier molecular flexibility index (Phi) is 3.40. The molecular formula is C14H16N2O3. The zero-order chi connectivity index (χ0) is 14.0. The van der Waals surface area contributed by atoms with E-state index in [9.17, 15) is 9.59 Å². The second kappa shape index (κ2) is 4.85. The van der Waals surface area contributed by atoms with Gasteiger partial charge in [0.1, 0.15) is 5.58 Å². The van der Waals surface area contributed by atoms with E-state index in [1.54, 1.807) is 38.1 Å². The van der Waals surface area contributed by atoms with Crippen LogP contribution >= 0.6 is 0 Å². The molecule has 0 bridgehead atoms. The Hall–Kier alpha value is -2.14. The summed E-state index contributed by atoms with van der Waals surface area (Å²) in [5.74, 6) is -0.450. The summed E-state index contributed by atoms with van der Waals surface area (Å²) in [6.07, 6.45) is 0. The molecule has 0 saturated carbocycles. The number of fused-ring (bicyclic) bond motifs is 1. The summed E-state index contributed by atoms with van der Waals surface area (Å²) in [5.41, 5.74) is 5.41. The summed E-state index contributed by atoms with van der Waals surface area (Å²) in [6.45, 7) is 3.88. The number of rotatable bonds is 3. The molecule has 0 unspecified atom stereocenters. The van der Waals surface area contributed by atoms with E-state index in [0.717, 1.165) is 0 Å². The van der Waals surface area contributed by atoms with Gasteiger partial charge >= 0.3 is 0 Å². The Morgan fingerprint density at radius 2 is 2.05 bits per heavy atom. The van der Waals surface area contributed by atoms with Crippen LogP contribution in [0.25, 0.3) is 11.0 Å². The maximum atomic E-state index is 11.9. The van der Waals surface area contributed by atoms with Crippen LogP contribution in [0, 0.1) is 0 Å². The lowest BCUT2D eigenvalue weighted by Gasteiger charge is -2.18. The first kappa shape index (κ1) is 13.3. The van der Waals surface area contributed by atoms with Gasteiger partial charge in [-0.05, 0) is 26.0 Å². The van der Waals surface area contributed by atoms with E-state index < -0.39 is 11.4 Å². The van der Waals surface area contributed by atoms with Crippen molar-refractivity contribution in [3.05, 3.63) is 46.3 Å². The molecule has 1 heterocycles. The summed E-state index contributed by atoms with van der Waals surface area (Å²) >= 11 is 0. The van der Waals surface area contributed by atoms with Gasteiger partial charge in [-0.2, -0.15) is 0 Å². The van der Waals surface area contributed by atoms with Crippen molar-refractivity contribution >= 4 is 16.9 Å². The van der Waals surface area contributed by atoms with Gasteiger partial charge < -0.3 is 15.5 Å². The molecule has 0 radical (unpaired) electrons. The lowest BCUT2D eigenvalue weighted by Crippen LogP contribution is -2.45. The fourth-order valence-electron chi connectivity index (χ4n) is 1.61. The van der Waals surface area contributed by atoms with Crippen molar-refractivity contribution in [3.63, 3.8) is 0 Å². The largest absolute Gasteiger partial charge is 0.451 e. The normalized spacial score (nSPS) is 11.5. The first-order valence-electron chi connectivity index (χ1n) is 5.97. The molecule has 3 N–H and O–H groups in total. The number of carbonyl (C=O) groups is 1. The molecule has 19 heavy (non-hydrogen) atoms. The third-order valence-electron chi connectivity index (χ3n) is 2.56. The maximum absolute atomic E-state index is 11.9. The van der Waals surface area contributed by atoms with Gasteiger partial charge in [0.15, 0.2) is 11.2 Å². The van der Waals surface area contributed by atoms with E-state index in [4.69, 9.17) is 10.2 Å². The zero-order valence-electron chi connectivity index (χ0n) is 10.9. The minimum Gasteiger partial charge on any atom is -0.451 e. The van der Waals surface area contributed by atoms with Crippen LogP contribution in [0.2, 0.25) is 0 Å². The SMILES string of the molecule is CC(C)(N)CNC(=O)c1cc(=O)c2ccccc2o1. The van der Waals surface area contributed by atoms with Gasteiger partial charge in [-0.1, -0.05) is 12.1 Å². The van der Waals surface area contributed by atoms with Crippen LogP contribution in [-0.2, 0) is 0 Å². The first-order chi connectivity index (χ1) is 8.87. The topological polar surface area (TPSA) is 85.3 Å². The quantitative estimate of drug-likeness (QED) is 0.870. The lowest BCUT2D eigenvalue weighted by atomic mass is 10.1. The predicted molar refractivity (Wildman–Crippen MR) is 73.1 cm³/mol. The molecular weight excluding hydrogens is 244 g/mol. The number of hydrogen-bond acceptors (Lipinski definition) is 4. The highest BCUT2D eigenvalue weighted by atomic mass is 16.3. The van der Waals surface area contributed by atoms with E-state index in [0.29, 0.717) is 17.5 Å². The second-order valence-electron chi connectivity index (χ2n) is 5.14. The van der Waals surface area contributed by atoms with Gasteiger partial charge in [-0.15, -0.1) is 0 Å². The van der Waals surface area contributed by atoms with Crippen LogP contribution in [0.4, 0.5) is 0 Å². The second-order valence-corrected chi connectivity index (χ2v) is 5.14. The van der Waals surface area contributed by atoms with E-state index in [-0.39, 0.29) is 11.2 Å². The smallest absolute Gasteiger partial charge is 0.287 e. The molecule has 0 atom stereocenters. The fraction of sp³-hybridized carbons (Fsp3) is 0.286. The summed E-state index contributed by atoms with van der Waals surface area (Å²) in [7, 11) is 0. The molecule has 2 aromatic rings. The van der Waals surface area contributed by atoms with Gasteiger partial charge in [-0.25, -0.2) is 0 Å². The first-order valence-corrected chi connectivity index (χ1v) is 5.97. The van der Waals surface area contributed by atoms with E-state index >= 15 is 0 Å². The Balaban J connectivity index is 2.31. The minimum absolute atomic E-state index is 0.00653. The molecule has 0 aliphatic carbocycles. The Morgan fingerprint density at radius 3 is 2.74 bits per heavy atom. The van der Waals surface area contributed by atoms with Gasteiger partial charge in [-0.3, -0.25) is 9.59 Å². The monoisotopic (exact) mass is 260 g/mol. The minimum atomic E-state index is -0.521. The van der Waals surface area contributed by atoms with E-state index in [1.165, 1.54) is 6.07 Å². The van der Waals surface area contributed by atoms with E-state index in [2.05, 4.69) is 5.32 Å². The van der Waals surface area contributed by atoms with Gasteiger partial charge in [0, 0.05) is 18.2 Å². The maximum Gasteiger partial charge on any atom is 0.287 e. The molecule has 0 saturated heterocycles. The number of benzene rings is 1. The fourth-order valence-corrected chi connectivity index (χ4v) is 1.61. The summed E-state index contributed by atoms with van der Waals surface area (Å²) in [6, 6.07) is 8.00. The molecule has 100 valence electrons. The van der Waals surface area contributed by atoms with Crippen LogP contribution < -0.4 is 16.5 Å². The standard InChI is InChI=1S/C14H16N2O3/c1-14(2,15)8-16-13(18)12-7-10(17)9-5-3-4-6-11(9)19-12/h3-7H,8,15H2,1-2H3,(H,16,18). The molecule has 2 rings (SSSR count). The molecule has 0 aliphatic rings. The van der Waals surface area contributed by atoms with Crippen molar-refractivity contribution in [1.29, 1.82) is 0 Å². The highest BCUT2D eigenvalue weighted by Gasteiger charge is 2.16. The third kappa shape index (κ3) is 3.20. The van der Waals surface area contributed by atoms with Crippen molar-refractivity contribution < 1.29 is 9.21 Å². The van der Waals surface area contributed by atoms with Gasteiger partial charge in [0.25, 0.3) is 5.91 Å². The molecule has 1 aromatic carbocycles. The van der Waals surface area contributed by atoms with Crippen molar-refractivity contribution in [3.8, 4) is 0 Å². The van der Waals surface area contributed by atoms with E-state index in [1.807, 2.05) is 0 Å². The summed E-state index contributed by atoms with van der Waals surface area (Å²) in [4.78, 5) is 23.7. The highest BCUT2D eigenvalue weighted by Crippen LogP contribution is 2.11. The number of para-hydroxylation sites is 1. The van der Waals surface area contributed by atoms with Gasteiger partial charge in [0.05, 0.1) is 5.39 Å². The Morgan fingerprint density at radius 1 is 1.37 bits per heavy atom. The number of hydrogen-bond donors (Lipinski definition) is 2. The van der Waals surface area contributed by atoms with Crippen molar-refractivity contribution in [1.82, 2.24) is 5.32 Å². The van der Waals surface area contributed by atoms with Crippen molar-refractivity contribution in [2.75, 3.05) is 6.54 Å². The van der Waals surface area contributed by atoms with Crippen LogP contribution in [0.3, 0.4) is 0 Å².